The van der Waals surface area contributed by atoms with E-state index in [1.165, 1.54) is 0 Å². The van der Waals surface area contributed by atoms with Crippen LogP contribution < -0.4 is 11.2 Å². The third-order valence-corrected chi connectivity index (χ3v) is 3.31. The van der Waals surface area contributed by atoms with Crippen LogP contribution in [0.4, 0.5) is 0 Å². The fourth-order valence-corrected chi connectivity index (χ4v) is 2.16. The summed E-state index contributed by atoms with van der Waals surface area (Å²) in [5.74, 6) is 0.433. The monoisotopic (exact) mass is 362 g/mol. The van der Waals surface area contributed by atoms with Crippen molar-refractivity contribution >= 4 is 42.2 Å². The molecule has 0 radical (unpaired) electrons. The topological polar surface area (TPSA) is 74.0 Å². The molecule has 0 aromatic heterocycles. The van der Waals surface area contributed by atoms with Crippen molar-refractivity contribution < 1.29 is 9.84 Å². The summed E-state index contributed by atoms with van der Waals surface area (Å²) >= 11 is 5.13. The first-order valence-corrected chi connectivity index (χ1v) is 7.04. The smallest absolute Gasteiger partial charge is 0.275 e. The third-order valence-electron chi connectivity index (χ3n) is 2.99. The third kappa shape index (κ3) is 7.78. The summed E-state index contributed by atoms with van der Waals surface area (Å²) in [6.45, 7) is 5.69. The molecule has 3 atom stereocenters. The van der Waals surface area contributed by atoms with Gasteiger partial charge in [-0.15, -0.1) is 24.8 Å². The Morgan fingerprint density at radius 1 is 1.43 bits per heavy atom. The summed E-state index contributed by atoms with van der Waals surface area (Å²) in [5, 5.41) is 12.3. The number of nitrogens with one attached hydrogen (secondary N) is 1. The van der Waals surface area contributed by atoms with Gasteiger partial charge in [-0.05, 0) is 38.7 Å². The van der Waals surface area contributed by atoms with E-state index in [-0.39, 0.29) is 30.9 Å². The maximum Gasteiger partial charge on any atom is 0.275 e. The van der Waals surface area contributed by atoms with Gasteiger partial charge in [-0.25, -0.2) is 0 Å². The van der Waals surface area contributed by atoms with Gasteiger partial charge < -0.3 is 20.5 Å². The first-order chi connectivity index (χ1) is 8.81. The summed E-state index contributed by atoms with van der Waals surface area (Å²) in [6.07, 6.45) is -0.583. The Morgan fingerprint density at radius 2 is 2.00 bits per heavy atom. The second kappa shape index (κ2) is 10.8. The summed E-state index contributed by atoms with van der Waals surface area (Å²) in [4.78, 5) is 2.05. The van der Waals surface area contributed by atoms with Crippen molar-refractivity contribution in [3.63, 3.8) is 0 Å². The van der Waals surface area contributed by atoms with Crippen molar-refractivity contribution in [3.05, 3.63) is 0 Å². The van der Waals surface area contributed by atoms with Gasteiger partial charge in [0.1, 0.15) is 6.10 Å². The molecular formula is C12H28Cl2N4O2S. The average molecular weight is 363 g/mol. The van der Waals surface area contributed by atoms with Crippen LogP contribution in [0.15, 0.2) is 0 Å². The lowest BCUT2D eigenvalue weighted by Crippen LogP contribution is -2.51. The fraction of sp³-hybridized carbons (Fsp3) is 0.917. The molecular weight excluding hydrogens is 335 g/mol. The van der Waals surface area contributed by atoms with Gasteiger partial charge in [0.05, 0.1) is 6.54 Å². The number of likely N-dealkylation sites (N-methyl/N-ethyl adjacent to an activating group) is 1. The summed E-state index contributed by atoms with van der Waals surface area (Å²) in [6, 6.07) is -0.325. The summed E-state index contributed by atoms with van der Waals surface area (Å²) in [5.41, 5.74) is 9.03. The molecule has 6 nitrogen and oxygen atoms in total. The van der Waals surface area contributed by atoms with Crippen LogP contribution in [0.2, 0.25) is 0 Å². The number of thiocarbonyl (C=S) groups is 1. The van der Waals surface area contributed by atoms with Crippen LogP contribution in [0.5, 0.6) is 0 Å². The normalized spacial score (nSPS) is 20.9. The number of nitrogens with two attached hydrogens (primary N) is 1. The summed E-state index contributed by atoms with van der Waals surface area (Å²) < 4.78 is 5.47. The van der Waals surface area contributed by atoms with E-state index < -0.39 is 12.3 Å². The molecule has 9 heteroatoms. The van der Waals surface area contributed by atoms with Crippen molar-refractivity contribution in [1.82, 2.24) is 15.3 Å². The van der Waals surface area contributed by atoms with Gasteiger partial charge in [0.2, 0.25) is 0 Å². The van der Waals surface area contributed by atoms with Gasteiger partial charge in [-0.1, -0.05) is 13.8 Å². The van der Waals surface area contributed by atoms with Gasteiger partial charge in [-0.2, -0.15) is 5.43 Å². The predicted molar refractivity (Wildman–Crippen MR) is 93.8 cm³/mol. The van der Waals surface area contributed by atoms with Gasteiger partial charge >= 0.3 is 0 Å². The number of hydrogen-bond acceptors (Lipinski definition) is 6. The van der Waals surface area contributed by atoms with Crippen molar-refractivity contribution in [3.8, 4) is 0 Å². The van der Waals surface area contributed by atoms with E-state index in [9.17, 15) is 5.11 Å². The molecule has 0 saturated carbocycles. The molecule has 0 aliphatic carbocycles. The number of ether oxygens (including phenoxy) is 1. The van der Waals surface area contributed by atoms with Crippen LogP contribution >= 0.6 is 37.0 Å². The van der Waals surface area contributed by atoms with Crippen molar-refractivity contribution in [1.29, 1.82) is 0 Å². The highest BCUT2D eigenvalue weighted by atomic mass is 35.5. The van der Waals surface area contributed by atoms with Crippen LogP contribution in [0.25, 0.3) is 0 Å². The van der Waals surface area contributed by atoms with Gasteiger partial charge in [-0.3, -0.25) is 5.01 Å². The molecule has 1 heterocycles. The fourth-order valence-electron chi connectivity index (χ4n) is 1.92. The number of nitrogens with zero attached hydrogens (tertiary/aromatic N) is 2. The molecule has 0 amide bonds. The number of halogens is 2. The second-order valence-corrected chi connectivity index (χ2v) is 6.02. The Morgan fingerprint density at radius 3 is 2.48 bits per heavy atom. The van der Waals surface area contributed by atoms with Crippen LogP contribution in [-0.4, -0.2) is 65.7 Å². The van der Waals surface area contributed by atoms with Crippen LogP contribution in [0.3, 0.4) is 0 Å². The SMILES string of the molecule is CC(C)C[C@H](N)C(O)C1NN(CCN(C)C)C(=S)O1.Cl.Cl. The Bertz CT molecular complexity index is 311. The van der Waals surface area contributed by atoms with Gasteiger partial charge in [0, 0.05) is 12.6 Å². The molecule has 21 heavy (non-hydrogen) atoms. The second-order valence-electron chi connectivity index (χ2n) is 5.67. The molecule has 1 aliphatic rings. The molecule has 2 unspecified atom stereocenters. The van der Waals surface area contributed by atoms with Crippen molar-refractivity contribution in [2.24, 2.45) is 11.7 Å². The Balaban J connectivity index is 0. The lowest BCUT2D eigenvalue weighted by Gasteiger charge is -2.25. The minimum absolute atomic E-state index is 0. The highest BCUT2D eigenvalue weighted by Gasteiger charge is 2.35. The lowest BCUT2D eigenvalue weighted by atomic mass is 9.99. The molecule has 0 aromatic carbocycles. The van der Waals surface area contributed by atoms with Crippen LogP contribution in [-0.2, 0) is 4.74 Å². The zero-order valence-electron chi connectivity index (χ0n) is 13.0. The first-order valence-electron chi connectivity index (χ1n) is 6.64. The Labute approximate surface area is 145 Å². The van der Waals surface area contributed by atoms with Crippen LogP contribution in [0.1, 0.15) is 20.3 Å². The molecule has 0 spiro atoms. The highest BCUT2D eigenvalue weighted by molar-refractivity contribution is 7.80. The van der Waals surface area contributed by atoms with Gasteiger partial charge in [0.15, 0.2) is 6.23 Å². The molecule has 1 saturated heterocycles. The molecule has 1 aliphatic heterocycles. The number of rotatable bonds is 7. The van der Waals surface area contributed by atoms with Crippen molar-refractivity contribution in [2.45, 2.75) is 38.6 Å². The van der Waals surface area contributed by atoms with E-state index in [2.05, 4.69) is 24.2 Å². The minimum atomic E-state index is -0.773. The number of aliphatic hydroxyl groups excluding tert-OH is 1. The minimum Gasteiger partial charge on any atom is -0.446 e. The van der Waals surface area contributed by atoms with E-state index in [1.807, 2.05) is 14.1 Å². The lowest BCUT2D eigenvalue weighted by molar-refractivity contribution is 0.00175. The Kier molecular flexibility index (Phi) is 12.0. The zero-order chi connectivity index (χ0) is 14.6. The van der Waals surface area contributed by atoms with E-state index in [1.54, 1.807) is 5.01 Å². The maximum atomic E-state index is 10.2. The van der Waals surface area contributed by atoms with E-state index in [0.717, 1.165) is 13.0 Å². The predicted octanol–water partition coefficient (Wildman–Crippen LogP) is 0.574. The van der Waals surface area contributed by atoms with E-state index in [0.29, 0.717) is 17.6 Å². The van der Waals surface area contributed by atoms with Gasteiger partial charge in [0.25, 0.3) is 5.17 Å². The van der Waals surface area contributed by atoms with E-state index in [4.69, 9.17) is 22.7 Å². The molecule has 0 bridgehead atoms. The molecule has 1 rings (SSSR count). The zero-order valence-corrected chi connectivity index (χ0v) is 15.4. The number of hydrogen-bond donors (Lipinski definition) is 3. The number of aliphatic hydroxyl groups is 1. The van der Waals surface area contributed by atoms with E-state index >= 15 is 0 Å². The maximum absolute atomic E-state index is 10.2. The number of hydrazine groups is 1. The van der Waals surface area contributed by atoms with Crippen molar-refractivity contribution in [2.75, 3.05) is 27.2 Å². The van der Waals surface area contributed by atoms with Crippen LogP contribution in [0, 0.1) is 5.92 Å². The largest absolute Gasteiger partial charge is 0.446 e. The average Bonchev–Trinajstić information content (AvgIpc) is 2.66. The molecule has 0 aromatic rings. The highest BCUT2D eigenvalue weighted by Crippen LogP contribution is 2.15. The molecule has 1 fully saturated rings. The Hall–Kier alpha value is 0.110. The molecule has 4 N–H and O–H groups in total. The summed E-state index contributed by atoms with van der Waals surface area (Å²) in [7, 11) is 3.98. The molecule has 128 valence electrons. The first kappa shape index (κ1) is 23.4. The quantitative estimate of drug-likeness (QED) is 0.571. The standard InChI is InChI=1S/C12H26N4O2S.2ClH/c1-8(2)7-9(13)10(17)11-14-16(12(19)18-11)6-5-15(3)4;;/h8-11,14,17H,5-7,13H2,1-4H3;2*1H/t9-,10?,11?;;/m0../s1.